The molecule has 1 aliphatic heterocycles. The van der Waals surface area contributed by atoms with Crippen LogP contribution in [-0.2, 0) is 11.2 Å². The minimum Gasteiger partial charge on any atom is -0.389 e. The van der Waals surface area contributed by atoms with E-state index < -0.39 is 6.10 Å². The van der Waals surface area contributed by atoms with Crippen LogP contribution in [0.1, 0.15) is 36.2 Å². The van der Waals surface area contributed by atoms with Crippen LogP contribution < -0.4 is 5.56 Å². The number of hydrogen-bond acceptors (Lipinski definition) is 6. The molecular weight excluding hydrogens is 452 g/mol. The molecule has 7 nitrogen and oxygen atoms in total. The topological polar surface area (TPSA) is 101 Å². The summed E-state index contributed by atoms with van der Waals surface area (Å²) in [7, 11) is 0. The fourth-order valence-corrected chi connectivity index (χ4v) is 4.88. The summed E-state index contributed by atoms with van der Waals surface area (Å²) in [5.41, 5.74) is 4.21. The molecule has 182 valence electrons. The summed E-state index contributed by atoms with van der Waals surface area (Å²) < 4.78 is 6.90. The van der Waals surface area contributed by atoms with Gasteiger partial charge in [0.25, 0.3) is 5.56 Å². The zero-order valence-corrected chi connectivity index (χ0v) is 20.1. The van der Waals surface area contributed by atoms with E-state index in [1.807, 2.05) is 61.7 Å². The SMILES string of the molecule is C/C=C/C(=C\C=N)c1ccc(Cc2cc3c(=O)n([C@H]4CCOC[C@@H]4O)cnc3c3ccccc23)cn1. The Balaban J connectivity index is 1.58. The van der Waals surface area contributed by atoms with Gasteiger partial charge < -0.3 is 15.3 Å². The molecule has 2 aromatic carbocycles. The predicted octanol–water partition coefficient (Wildman–Crippen LogP) is 4.47. The molecule has 2 N–H and O–H groups in total. The summed E-state index contributed by atoms with van der Waals surface area (Å²) in [6, 6.07) is 13.6. The van der Waals surface area contributed by atoms with Gasteiger partial charge >= 0.3 is 0 Å². The second kappa shape index (κ2) is 10.4. The number of aliphatic hydroxyl groups is 1. The van der Waals surface area contributed by atoms with E-state index in [1.165, 1.54) is 6.21 Å². The number of nitrogens with zero attached hydrogens (tertiary/aromatic N) is 3. The summed E-state index contributed by atoms with van der Waals surface area (Å²) in [4.78, 5) is 22.9. The normalized spacial score (nSPS) is 18.8. The van der Waals surface area contributed by atoms with Gasteiger partial charge in [-0.15, -0.1) is 0 Å². The zero-order chi connectivity index (χ0) is 25.1. The van der Waals surface area contributed by atoms with Gasteiger partial charge in [0.1, 0.15) is 0 Å². The monoisotopic (exact) mass is 480 g/mol. The average Bonchev–Trinajstić information content (AvgIpc) is 2.90. The first kappa shape index (κ1) is 23.8. The smallest absolute Gasteiger partial charge is 0.261 e. The highest BCUT2D eigenvalue weighted by Crippen LogP contribution is 2.29. The number of hydrogen-bond donors (Lipinski definition) is 2. The van der Waals surface area contributed by atoms with Crippen molar-refractivity contribution in [2.45, 2.75) is 31.9 Å². The third-order valence-corrected chi connectivity index (χ3v) is 6.65. The Morgan fingerprint density at radius 3 is 2.75 bits per heavy atom. The lowest BCUT2D eigenvalue weighted by molar-refractivity contribution is -0.0395. The number of rotatable bonds is 6. The number of aliphatic hydroxyl groups excluding tert-OH is 1. The lowest BCUT2D eigenvalue weighted by atomic mass is 9.96. The fraction of sp³-hybridized carbons (Fsp3) is 0.241. The van der Waals surface area contributed by atoms with Crippen molar-refractivity contribution in [3.63, 3.8) is 0 Å². The summed E-state index contributed by atoms with van der Waals surface area (Å²) >= 11 is 0. The fourth-order valence-electron chi connectivity index (χ4n) is 4.88. The molecule has 0 saturated carbocycles. The van der Waals surface area contributed by atoms with Gasteiger partial charge in [-0.3, -0.25) is 14.3 Å². The molecule has 5 rings (SSSR count). The highest BCUT2D eigenvalue weighted by atomic mass is 16.5. The van der Waals surface area contributed by atoms with Gasteiger partial charge in [0.2, 0.25) is 0 Å². The molecule has 0 spiro atoms. The standard InChI is InChI=1S/C29H28N4O3/c1-2-5-20(10-12-30)25-9-8-19(16-31-25)14-21-15-24-28(23-7-4-3-6-22(21)23)32-18-33(29(24)35)26-11-13-36-17-27(26)34/h2-10,12,15-16,18,26-27,30,34H,11,13-14,17H2,1H3/b5-2+,20-10+,30-12?/t26-,27-/m0/s1. The zero-order valence-electron chi connectivity index (χ0n) is 20.1. The number of pyridine rings is 1. The van der Waals surface area contributed by atoms with E-state index in [4.69, 9.17) is 10.1 Å². The second-order valence-corrected chi connectivity index (χ2v) is 8.95. The molecule has 3 heterocycles. The first-order chi connectivity index (χ1) is 17.6. The van der Waals surface area contributed by atoms with Crippen LogP contribution in [0.4, 0.5) is 0 Å². The first-order valence-corrected chi connectivity index (χ1v) is 12.1. The van der Waals surface area contributed by atoms with Gasteiger partial charge in [-0.25, -0.2) is 4.98 Å². The first-order valence-electron chi connectivity index (χ1n) is 12.1. The maximum atomic E-state index is 13.6. The average molecular weight is 481 g/mol. The Morgan fingerprint density at radius 1 is 1.19 bits per heavy atom. The molecule has 0 amide bonds. The van der Waals surface area contributed by atoms with Crippen molar-refractivity contribution < 1.29 is 9.84 Å². The maximum Gasteiger partial charge on any atom is 0.261 e. The molecule has 1 fully saturated rings. The Morgan fingerprint density at radius 2 is 2.03 bits per heavy atom. The van der Waals surface area contributed by atoms with Gasteiger partial charge in [-0.2, -0.15) is 0 Å². The number of fused-ring (bicyclic) bond motifs is 3. The summed E-state index contributed by atoms with van der Waals surface area (Å²) in [6.07, 6.45) is 10.6. The van der Waals surface area contributed by atoms with Crippen LogP contribution in [-0.4, -0.2) is 45.2 Å². The molecule has 4 aromatic rings. The third-order valence-electron chi connectivity index (χ3n) is 6.65. The van der Waals surface area contributed by atoms with E-state index in [0.717, 1.165) is 33.2 Å². The lowest BCUT2D eigenvalue weighted by Gasteiger charge is -2.29. The molecule has 0 radical (unpaired) electrons. The highest BCUT2D eigenvalue weighted by molar-refractivity contribution is 6.06. The van der Waals surface area contributed by atoms with Gasteiger partial charge in [0.05, 0.1) is 41.7 Å². The van der Waals surface area contributed by atoms with Crippen molar-refractivity contribution in [2.24, 2.45) is 0 Å². The molecule has 2 aromatic heterocycles. The molecule has 7 heteroatoms. The summed E-state index contributed by atoms with van der Waals surface area (Å²) in [5, 5.41) is 20.3. The Bertz CT molecular complexity index is 1540. The number of aromatic nitrogens is 3. The Hall–Kier alpha value is -3.94. The molecular formula is C29H28N4O3. The van der Waals surface area contributed by atoms with Crippen LogP contribution >= 0.6 is 0 Å². The molecule has 2 atom stereocenters. The van der Waals surface area contributed by atoms with E-state index >= 15 is 0 Å². The Kier molecular flexibility index (Phi) is 6.84. The van der Waals surface area contributed by atoms with Crippen molar-refractivity contribution in [2.75, 3.05) is 13.2 Å². The molecule has 1 saturated heterocycles. The van der Waals surface area contributed by atoms with Gasteiger partial charge in [-0.05, 0) is 54.5 Å². The van der Waals surface area contributed by atoms with E-state index in [-0.39, 0.29) is 18.2 Å². The number of allylic oxidation sites excluding steroid dienone is 4. The predicted molar refractivity (Wildman–Crippen MR) is 143 cm³/mol. The van der Waals surface area contributed by atoms with Gasteiger partial charge in [-0.1, -0.05) is 42.5 Å². The number of benzene rings is 2. The van der Waals surface area contributed by atoms with E-state index in [1.54, 1.807) is 17.0 Å². The van der Waals surface area contributed by atoms with Crippen molar-refractivity contribution in [1.82, 2.24) is 14.5 Å². The molecule has 0 bridgehead atoms. The molecule has 0 unspecified atom stereocenters. The number of nitrogens with one attached hydrogen (secondary N) is 1. The van der Waals surface area contributed by atoms with Crippen LogP contribution in [0.15, 0.2) is 78.0 Å². The van der Waals surface area contributed by atoms with Crippen molar-refractivity contribution in [1.29, 1.82) is 5.41 Å². The maximum absolute atomic E-state index is 13.6. The van der Waals surface area contributed by atoms with Crippen LogP contribution in [0.2, 0.25) is 0 Å². The molecule has 36 heavy (non-hydrogen) atoms. The van der Waals surface area contributed by atoms with Crippen LogP contribution in [0.25, 0.3) is 27.2 Å². The minimum atomic E-state index is -0.741. The van der Waals surface area contributed by atoms with E-state index in [9.17, 15) is 9.90 Å². The largest absolute Gasteiger partial charge is 0.389 e. The number of ether oxygens (including phenoxy) is 1. The van der Waals surface area contributed by atoms with Crippen LogP contribution in [0, 0.1) is 5.41 Å². The lowest BCUT2D eigenvalue weighted by Crippen LogP contribution is -2.39. The van der Waals surface area contributed by atoms with E-state index in [2.05, 4.69) is 16.0 Å². The van der Waals surface area contributed by atoms with Crippen molar-refractivity contribution >= 4 is 33.5 Å². The summed E-state index contributed by atoms with van der Waals surface area (Å²) in [5.74, 6) is 0. The highest BCUT2D eigenvalue weighted by Gasteiger charge is 2.27. The second-order valence-electron chi connectivity index (χ2n) is 8.95. The summed E-state index contributed by atoms with van der Waals surface area (Å²) in [6.45, 7) is 2.65. The van der Waals surface area contributed by atoms with Gasteiger partial charge in [0.15, 0.2) is 0 Å². The van der Waals surface area contributed by atoms with Crippen molar-refractivity contribution in [3.05, 3.63) is 100 Å². The van der Waals surface area contributed by atoms with Crippen LogP contribution in [0.3, 0.4) is 0 Å². The quantitative estimate of drug-likeness (QED) is 0.241. The molecule has 0 aliphatic carbocycles. The van der Waals surface area contributed by atoms with Crippen molar-refractivity contribution in [3.8, 4) is 0 Å². The van der Waals surface area contributed by atoms with Crippen LogP contribution in [0.5, 0.6) is 0 Å². The third kappa shape index (κ3) is 4.51. The minimum absolute atomic E-state index is 0.154. The van der Waals surface area contributed by atoms with Gasteiger partial charge in [0, 0.05) is 30.0 Å². The van der Waals surface area contributed by atoms with E-state index in [0.29, 0.717) is 30.4 Å². The Labute approximate surface area is 208 Å². The molecule has 1 aliphatic rings.